The van der Waals surface area contributed by atoms with Crippen molar-refractivity contribution in [3.63, 3.8) is 0 Å². The lowest BCUT2D eigenvalue weighted by atomic mass is 10.1. The first-order valence-corrected chi connectivity index (χ1v) is 8.17. The van der Waals surface area contributed by atoms with Crippen LogP contribution in [0.2, 0.25) is 10.0 Å². The third-order valence-corrected chi connectivity index (χ3v) is 4.37. The third kappa shape index (κ3) is 3.41. The van der Waals surface area contributed by atoms with E-state index in [9.17, 15) is 9.59 Å². The summed E-state index contributed by atoms with van der Waals surface area (Å²) in [6, 6.07) is 3.19. The first kappa shape index (κ1) is 16.3. The van der Waals surface area contributed by atoms with Crippen molar-refractivity contribution >= 4 is 40.6 Å². The minimum Gasteiger partial charge on any atom is -0.303 e. The number of hydrogen-bond acceptors (Lipinski definition) is 2. The molecule has 0 N–H and O–H groups in total. The SMILES string of the molecule is CCCCCCCCN1C(=O)C(=O)c2c(Cl)ccc(Cl)c21. The molecule has 1 amide bonds. The van der Waals surface area contributed by atoms with Gasteiger partial charge in [0.1, 0.15) is 0 Å². The number of carbonyl (C=O) groups excluding carboxylic acids is 2. The molecule has 0 atom stereocenters. The molecule has 21 heavy (non-hydrogen) atoms. The molecule has 114 valence electrons. The third-order valence-electron chi connectivity index (χ3n) is 3.75. The van der Waals surface area contributed by atoms with Gasteiger partial charge in [-0.2, -0.15) is 0 Å². The summed E-state index contributed by atoms with van der Waals surface area (Å²) in [5.74, 6) is -1.07. The molecule has 0 bridgehead atoms. The summed E-state index contributed by atoms with van der Waals surface area (Å²) in [5.41, 5.74) is 0.730. The van der Waals surface area contributed by atoms with Gasteiger partial charge in [-0.3, -0.25) is 9.59 Å². The van der Waals surface area contributed by atoms with E-state index >= 15 is 0 Å². The van der Waals surface area contributed by atoms with E-state index in [0.717, 1.165) is 19.3 Å². The van der Waals surface area contributed by atoms with Crippen LogP contribution in [-0.2, 0) is 4.79 Å². The molecular formula is C16H19Cl2NO2. The molecule has 1 aliphatic rings. The number of nitrogens with zero attached hydrogens (tertiary/aromatic N) is 1. The Labute approximate surface area is 135 Å². The summed E-state index contributed by atoms with van der Waals surface area (Å²) in [7, 11) is 0. The zero-order valence-electron chi connectivity index (χ0n) is 12.1. The minimum absolute atomic E-state index is 0.250. The van der Waals surface area contributed by atoms with Crippen molar-refractivity contribution in [1.82, 2.24) is 0 Å². The van der Waals surface area contributed by atoms with Crippen molar-refractivity contribution < 1.29 is 9.59 Å². The van der Waals surface area contributed by atoms with Crippen LogP contribution in [0.15, 0.2) is 12.1 Å². The molecule has 0 radical (unpaired) electrons. The van der Waals surface area contributed by atoms with Crippen molar-refractivity contribution in [3.8, 4) is 0 Å². The highest BCUT2D eigenvalue weighted by Gasteiger charge is 2.38. The van der Waals surface area contributed by atoms with Crippen LogP contribution in [0.1, 0.15) is 55.8 Å². The van der Waals surface area contributed by atoms with Gasteiger partial charge in [0.25, 0.3) is 11.7 Å². The van der Waals surface area contributed by atoms with E-state index in [4.69, 9.17) is 23.2 Å². The van der Waals surface area contributed by atoms with Crippen molar-refractivity contribution in [1.29, 1.82) is 0 Å². The van der Waals surface area contributed by atoms with Crippen LogP contribution in [0.25, 0.3) is 0 Å². The summed E-state index contributed by atoms with van der Waals surface area (Å²) in [6.07, 6.45) is 6.73. The maximum Gasteiger partial charge on any atom is 0.299 e. The van der Waals surface area contributed by atoms with Crippen LogP contribution >= 0.6 is 23.2 Å². The number of carbonyl (C=O) groups is 2. The molecule has 0 aliphatic carbocycles. The summed E-state index contributed by atoms with van der Waals surface area (Å²) < 4.78 is 0. The average Bonchev–Trinajstić information content (AvgIpc) is 2.72. The van der Waals surface area contributed by atoms with Gasteiger partial charge >= 0.3 is 0 Å². The van der Waals surface area contributed by atoms with Crippen LogP contribution in [0.5, 0.6) is 0 Å². The molecule has 5 heteroatoms. The van der Waals surface area contributed by atoms with Gasteiger partial charge in [-0.25, -0.2) is 0 Å². The fourth-order valence-corrected chi connectivity index (χ4v) is 3.11. The largest absolute Gasteiger partial charge is 0.303 e. The van der Waals surface area contributed by atoms with Crippen molar-refractivity contribution in [2.45, 2.75) is 45.4 Å². The van der Waals surface area contributed by atoms with Crippen LogP contribution in [0, 0.1) is 0 Å². The van der Waals surface area contributed by atoms with Crippen LogP contribution in [0.3, 0.4) is 0 Å². The predicted octanol–water partition coefficient (Wildman–Crippen LogP) is 4.88. The Kier molecular flexibility index (Phi) is 5.65. The molecule has 1 aromatic rings. The first-order chi connectivity index (χ1) is 10.1. The van der Waals surface area contributed by atoms with Gasteiger partial charge in [-0.05, 0) is 18.6 Å². The van der Waals surface area contributed by atoms with Crippen molar-refractivity contribution in [2.24, 2.45) is 0 Å². The number of unbranched alkanes of at least 4 members (excludes halogenated alkanes) is 5. The number of benzene rings is 1. The van der Waals surface area contributed by atoms with Gasteiger partial charge < -0.3 is 4.90 Å². The Bertz CT molecular complexity index is 557. The molecule has 0 unspecified atom stereocenters. The van der Waals surface area contributed by atoms with Gasteiger partial charge in [0, 0.05) is 6.54 Å². The number of Topliss-reactive ketones (excluding diaryl/α,β-unsaturated/α-hetero) is 1. The fraction of sp³-hybridized carbons (Fsp3) is 0.500. The van der Waals surface area contributed by atoms with E-state index in [2.05, 4.69) is 6.92 Å². The predicted molar refractivity (Wildman–Crippen MR) is 86.5 cm³/mol. The monoisotopic (exact) mass is 327 g/mol. The van der Waals surface area contributed by atoms with E-state index in [0.29, 0.717) is 17.3 Å². The minimum atomic E-state index is -0.552. The van der Waals surface area contributed by atoms with Gasteiger partial charge in [0.2, 0.25) is 0 Å². The molecule has 0 fully saturated rings. The second kappa shape index (κ2) is 7.28. The highest BCUT2D eigenvalue weighted by atomic mass is 35.5. The lowest BCUT2D eigenvalue weighted by molar-refractivity contribution is -0.114. The quantitative estimate of drug-likeness (QED) is 0.528. The topological polar surface area (TPSA) is 37.4 Å². The summed E-state index contributed by atoms with van der Waals surface area (Å²) in [5, 5.41) is 0.692. The number of fused-ring (bicyclic) bond motifs is 1. The van der Waals surface area contributed by atoms with Crippen molar-refractivity contribution in [3.05, 3.63) is 27.7 Å². The summed E-state index contributed by atoms with van der Waals surface area (Å²) >= 11 is 12.2. The number of anilines is 1. The highest BCUT2D eigenvalue weighted by molar-refractivity contribution is 6.56. The Morgan fingerprint density at radius 2 is 1.57 bits per heavy atom. The summed E-state index contributed by atoms with van der Waals surface area (Å²) in [6.45, 7) is 2.70. The number of ketones is 1. The van der Waals surface area contributed by atoms with E-state index in [1.807, 2.05) is 0 Å². The standard InChI is InChI=1S/C16H19Cl2NO2/c1-2-3-4-5-6-7-10-19-14-12(18)9-8-11(17)13(14)15(20)16(19)21/h8-9H,2-7,10H2,1H3. The Balaban J connectivity index is 2.04. The zero-order valence-corrected chi connectivity index (χ0v) is 13.6. The van der Waals surface area contributed by atoms with Crippen LogP contribution in [0.4, 0.5) is 5.69 Å². The number of amides is 1. The molecule has 1 heterocycles. The molecule has 3 nitrogen and oxygen atoms in total. The molecule has 0 aromatic heterocycles. The summed E-state index contributed by atoms with van der Waals surface area (Å²) in [4.78, 5) is 25.6. The van der Waals surface area contributed by atoms with E-state index in [-0.39, 0.29) is 10.6 Å². The van der Waals surface area contributed by atoms with E-state index in [1.54, 1.807) is 12.1 Å². The Morgan fingerprint density at radius 3 is 2.29 bits per heavy atom. The maximum atomic E-state index is 12.1. The maximum absolute atomic E-state index is 12.1. The molecular weight excluding hydrogens is 309 g/mol. The molecule has 0 saturated carbocycles. The van der Waals surface area contributed by atoms with Crippen molar-refractivity contribution in [2.75, 3.05) is 11.4 Å². The Hall–Kier alpha value is -1.06. The van der Waals surface area contributed by atoms with Gasteiger partial charge in [0.15, 0.2) is 0 Å². The molecule has 0 saturated heterocycles. The van der Waals surface area contributed by atoms with Crippen LogP contribution in [-0.4, -0.2) is 18.2 Å². The first-order valence-electron chi connectivity index (χ1n) is 7.42. The van der Waals surface area contributed by atoms with Gasteiger partial charge in [0.05, 0.1) is 21.3 Å². The normalized spacial score (nSPS) is 14.0. The lowest BCUT2D eigenvalue weighted by Gasteiger charge is -2.17. The van der Waals surface area contributed by atoms with E-state index in [1.165, 1.54) is 24.2 Å². The second-order valence-corrected chi connectivity index (χ2v) is 6.12. The lowest BCUT2D eigenvalue weighted by Crippen LogP contribution is -2.30. The van der Waals surface area contributed by atoms with Crippen LogP contribution < -0.4 is 4.90 Å². The average molecular weight is 328 g/mol. The number of hydrogen-bond donors (Lipinski definition) is 0. The molecule has 2 rings (SSSR count). The van der Waals surface area contributed by atoms with Gasteiger partial charge in [-0.1, -0.05) is 62.2 Å². The second-order valence-electron chi connectivity index (χ2n) is 5.31. The molecule has 1 aromatic carbocycles. The number of rotatable bonds is 7. The zero-order chi connectivity index (χ0) is 15.4. The smallest absolute Gasteiger partial charge is 0.299 e. The highest BCUT2D eigenvalue weighted by Crippen LogP contribution is 2.40. The molecule has 1 aliphatic heterocycles. The molecule has 0 spiro atoms. The van der Waals surface area contributed by atoms with Gasteiger partial charge in [-0.15, -0.1) is 0 Å². The Morgan fingerprint density at radius 1 is 0.952 bits per heavy atom. The fourth-order valence-electron chi connectivity index (χ4n) is 2.62. The van der Waals surface area contributed by atoms with E-state index < -0.39 is 11.7 Å². The number of halogens is 2.